The number of likely N-dealkylation sites (tertiary alicyclic amines) is 1. The van der Waals surface area contributed by atoms with Gasteiger partial charge in [0.25, 0.3) is 0 Å². The Labute approximate surface area is 158 Å². The van der Waals surface area contributed by atoms with Crippen molar-refractivity contribution in [3.63, 3.8) is 0 Å². The molecule has 0 unspecified atom stereocenters. The van der Waals surface area contributed by atoms with E-state index in [0.29, 0.717) is 17.8 Å². The van der Waals surface area contributed by atoms with Crippen LogP contribution in [0, 0.1) is 0 Å². The minimum atomic E-state index is -0.366. The molecule has 1 aliphatic heterocycles. The SMILES string of the molecule is C[C@@]1(COC(=O)c2cnn3cccnc23)CCCCN1Cc1ccccc1. The minimum absolute atomic E-state index is 0.167. The van der Waals surface area contributed by atoms with Crippen molar-refractivity contribution in [3.05, 3.63) is 66.1 Å². The van der Waals surface area contributed by atoms with E-state index in [0.717, 1.165) is 25.9 Å². The first-order chi connectivity index (χ1) is 13.2. The molecule has 6 heteroatoms. The molecule has 1 aromatic carbocycles. The summed E-state index contributed by atoms with van der Waals surface area (Å²) < 4.78 is 7.31. The molecule has 3 aromatic rings. The third-order valence-corrected chi connectivity index (χ3v) is 5.39. The predicted molar refractivity (Wildman–Crippen MR) is 102 cm³/mol. The number of esters is 1. The van der Waals surface area contributed by atoms with Gasteiger partial charge in [0.2, 0.25) is 0 Å². The molecule has 1 fully saturated rings. The van der Waals surface area contributed by atoms with E-state index >= 15 is 0 Å². The second-order valence-corrected chi connectivity index (χ2v) is 7.38. The number of carbonyl (C=O) groups is 1. The Balaban J connectivity index is 1.47. The molecule has 0 amide bonds. The number of fused-ring (bicyclic) bond motifs is 1. The van der Waals surface area contributed by atoms with E-state index < -0.39 is 0 Å². The molecule has 0 N–H and O–H groups in total. The highest BCUT2D eigenvalue weighted by atomic mass is 16.5. The first-order valence-electron chi connectivity index (χ1n) is 9.40. The first-order valence-corrected chi connectivity index (χ1v) is 9.40. The highest BCUT2D eigenvalue weighted by Crippen LogP contribution is 2.30. The molecule has 0 saturated carbocycles. The maximum atomic E-state index is 12.6. The Morgan fingerprint density at radius 3 is 2.93 bits per heavy atom. The summed E-state index contributed by atoms with van der Waals surface area (Å²) in [5.41, 5.74) is 2.05. The van der Waals surface area contributed by atoms with E-state index in [-0.39, 0.29) is 11.5 Å². The Kier molecular flexibility index (Phi) is 4.90. The van der Waals surface area contributed by atoms with Crippen molar-refractivity contribution in [3.8, 4) is 0 Å². The van der Waals surface area contributed by atoms with Crippen molar-refractivity contribution in [1.82, 2.24) is 19.5 Å². The van der Waals surface area contributed by atoms with E-state index in [9.17, 15) is 4.79 Å². The van der Waals surface area contributed by atoms with Gasteiger partial charge in [-0.15, -0.1) is 0 Å². The zero-order valence-corrected chi connectivity index (χ0v) is 15.5. The zero-order valence-electron chi connectivity index (χ0n) is 15.5. The smallest absolute Gasteiger partial charge is 0.343 e. The Hall–Kier alpha value is -2.73. The number of hydrogen-bond acceptors (Lipinski definition) is 5. The average molecular weight is 364 g/mol. The van der Waals surface area contributed by atoms with Gasteiger partial charge in [-0.3, -0.25) is 4.90 Å². The maximum Gasteiger partial charge on any atom is 0.343 e. The number of nitrogens with zero attached hydrogens (tertiary/aromatic N) is 4. The van der Waals surface area contributed by atoms with Crippen molar-refractivity contribution in [2.24, 2.45) is 0 Å². The number of ether oxygens (including phenoxy) is 1. The van der Waals surface area contributed by atoms with Crippen LogP contribution in [0.4, 0.5) is 0 Å². The van der Waals surface area contributed by atoms with E-state index in [2.05, 4.69) is 46.2 Å². The average Bonchev–Trinajstić information content (AvgIpc) is 3.13. The third kappa shape index (κ3) is 3.71. The van der Waals surface area contributed by atoms with Gasteiger partial charge in [-0.1, -0.05) is 36.8 Å². The van der Waals surface area contributed by atoms with Gasteiger partial charge < -0.3 is 4.74 Å². The fourth-order valence-corrected chi connectivity index (χ4v) is 3.74. The standard InChI is InChI=1S/C21H24N4O2/c1-21(10-5-6-12-24(21)15-17-8-3-2-4-9-17)16-27-20(26)18-14-23-25-13-7-11-22-19(18)25/h2-4,7-9,11,13-14H,5-6,10,12,15-16H2,1H3/t21-/m0/s1. The van der Waals surface area contributed by atoms with E-state index in [1.54, 1.807) is 23.0 Å². The molecule has 6 nitrogen and oxygen atoms in total. The topological polar surface area (TPSA) is 59.7 Å². The zero-order chi connectivity index (χ0) is 18.7. The second kappa shape index (κ2) is 7.48. The largest absolute Gasteiger partial charge is 0.460 e. The van der Waals surface area contributed by atoms with Crippen LogP contribution in [-0.2, 0) is 11.3 Å². The summed E-state index contributed by atoms with van der Waals surface area (Å²) in [6.07, 6.45) is 8.28. The minimum Gasteiger partial charge on any atom is -0.460 e. The lowest BCUT2D eigenvalue weighted by molar-refractivity contribution is -0.0149. The first kappa shape index (κ1) is 17.7. The van der Waals surface area contributed by atoms with Gasteiger partial charge in [-0.2, -0.15) is 5.10 Å². The fourth-order valence-electron chi connectivity index (χ4n) is 3.74. The lowest BCUT2D eigenvalue weighted by Crippen LogP contribution is -2.52. The van der Waals surface area contributed by atoms with Crippen LogP contribution in [0.1, 0.15) is 42.1 Å². The summed E-state index contributed by atoms with van der Waals surface area (Å²) in [6, 6.07) is 12.2. The maximum absolute atomic E-state index is 12.6. The predicted octanol–water partition coefficient (Wildman–Crippen LogP) is 3.33. The van der Waals surface area contributed by atoms with Gasteiger partial charge in [0.1, 0.15) is 12.2 Å². The number of rotatable bonds is 5. The molecule has 0 radical (unpaired) electrons. The van der Waals surface area contributed by atoms with E-state index in [4.69, 9.17) is 4.74 Å². The summed E-state index contributed by atoms with van der Waals surface area (Å²) in [7, 11) is 0. The third-order valence-electron chi connectivity index (χ3n) is 5.39. The molecule has 0 aliphatic carbocycles. The van der Waals surface area contributed by atoms with Crippen LogP contribution in [0.3, 0.4) is 0 Å². The van der Waals surface area contributed by atoms with Gasteiger partial charge in [-0.05, 0) is 37.9 Å². The summed E-state index contributed by atoms with van der Waals surface area (Å²) in [4.78, 5) is 19.3. The molecule has 27 heavy (non-hydrogen) atoms. The van der Waals surface area contributed by atoms with Gasteiger partial charge >= 0.3 is 5.97 Å². The van der Waals surface area contributed by atoms with Gasteiger partial charge in [0.15, 0.2) is 5.65 Å². The Morgan fingerprint density at radius 2 is 2.07 bits per heavy atom. The van der Waals surface area contributed by atoms with Crippen LogP contribution in [-0.4, -0.2) is 44.2 Å². The second-order valence-electron chi connectivity index (χ2n) is 7.38. The van der Waals surface area contributed by atoms with Crippen LogP contribution in [0.25, 0.3) is 5.65 Å². The number of piperidine rings is 1. The molecule has 1 aliphatic rings. The molecule has 2 aromatic heterocycles. The summed E-state index contributed by atoms with van der Waals surface area (Å²) in [5.74, 6) is -0.366. The van der Waals surface area contributed by atoms with Crippen LogP contribution < -0.4 is 0 Å². The summed E-state index contributed by atoms with van der Waals surface area (Å²) in [5, 5.41) is 4.17. The number of carbonyl (C=O) groups excluding carboxylic acids is 1. The Morgan fingerprint density at radius 1 is 1.22 bits per heavy atom. The molecule has 140 valence electrons. The molecular weight excluding hydrogens is 340 g/mol. The normalized spacial score (nSPS) is 20.6. The molecule has 1 atom stereocenters. The summed E-state index contributed by atoms with van der Waals surface area (Å²) >= 11 is 0. The van der Waals surface area contributed by atoms with E-state index in [1.165, 1.54) is 18.2 Å². The molecule has 1 saturated heterocycles. The lowest BCUT2D eigenvalue weighted by atomic mass is 9.88. The molecule has 3 heterocycles. The van der Waals surface area contributed by atoms with Crippen molar-refractivity contribution in [2.75, 3.05) is 13.2 Å². The van der Waals surface area contributed by atoms with Gasteiger partial charge in [0.05, 0.1) is 11.7 Å². The van der Waals surface area contributed by atoms with Crippen LogP contribution in [0.2, 0.25) is 0 Å². The number of hydrogen-bond donors (Lipinski definition) is 0. The van der Waals surface area contributed by atoms with Crippen LogP contribution in [0.15, 0.2) is 55.0 Å². The molecule has 4 rings (SSSR count). The van der Waals surface area contributed by atoms with Crippen molar-refractivity contribution < 1.29 is 9.53 Å². The van der Waals surface area contributed by atoms with E-state index in [1.807, 2.05) is 6.07 Å². The molecule has 0 bridgehead atoms. The highest BCUT2D eigenvalue weighted by molar-refractivity contribution is 5.95. The quantitative estimate of drug-likeness (QED) is 0.650. The molecule has 0 spiro atoms. The highest BCUT2D eigenvalue weighted by Gasteiger charge is 2.36. The lowest BCUT2D eigenvalue weighted by Gasteiger charge is -2.44. The van der Waals surface area contributed by atoms with Crippen molar-refractivity contribution in [2.45, 2.75) is 38.3 Å². The number of benzene rings is 1. The van der Waals surface area contributed by atoms with Crippen molar-refractivity contribution >= 4 is 11.6 Å². The van der Waals surface area contributed by atoms with Crippen molar-refractivity contribution in [1.29, 1.82) is 0 Å². The van der Waals surface area contributed by atoms with Crippen LogP contribution >= 0.6 is 0 Å². The molecular formula is C21H24N4O2. The van der Waals surface area contributed by atoms with Gasteiger partial charge in [-0.25, -0.2) is 14.3 Å². The Bertz CT molecular complexity index is 924. The number of aromatic nitrogens is 3. The van der Waals surface area contributed by atoms with Crippen LogP contribution in [0.5, 0.6) is 0 Å². The van der Waals surface area contributed by atoms with Gasteiger partial charge in [0, 0.05) is 18.9 Å². The monoisotopic (exact) mass is 364 g/mol. The fraction of sp³-hybridized carbons (Fsp3) is 0.381. The summed E-state index contributed by atoms with van der Waals surface area (Å²) in [6.45, 7) is 4.44.